The maximum absolute atomic E-state index is 14.4. The van der Waals surface area contributed by atoms with Crippen LogP contribution in [0.1, 0.15) is 35.4 Å². The van der Waals surface area contributed by atoms with Gasteiger partial charge in [0.15, 0.2) is 0 Å². The molecule has 1 aliphatic rings. The largest absolute Gasteiger partial charge is 0.497 e. The Hall–Kier alpha value is -4.32. The Labute approximate surface area is 235 Å². The standard InChI is InChI=1S/C34H34FNO4/c1-23-17-25(32-20-31(38-2)15-16-33(32)35)9-10-26(23)22-40-30-13-11-28(12-14-30)36-21-27(24-7-5-4-6-8-24)18-29(36)19-34(37)39-3/h4-17,20,27,29H,18-19,21-22H2,1-3H3/t27-,29-/m1/s1. The van der Waals surface area contributed by atoms with Crippen molar-refractivity contribution in [2.24, 2.45) is 0 Å². The molecule has 1 aliphatic heterocycles. The highest BCUT2D eigenvalue weighted by Crippen LogP contribution is 2.37. The Balaban J connectivity index is 1.26. The number of hydrogen-bond donors (Lipinski definition) is 0. The molecule has 4 aromatic carbocycles. The summed E-state index contributed by atoms with van der Waals surface area (Å²) in [7, 11) is 3.01. The second-order valence-corrected chi connectivity index (χ2v) is 10.2. The first-order valence-corrected chi connectivity index (χ1v) is 13.5. The van der Waals surface area contributed by atoms with Gasteiger partial charge in [0.1, 0.15) is 23.9 Å². The van der Waals surface area contributed by atoms with Crippen molar-refractivity contribution in [2.75, 3.05) is 25.7 Å². The van der Waals surface area contributed by atoms with E-state index in [1.165, 1.54) is 18.7 Å². The molecule has 0 unspecified atom stereocenters. The van der Waals surface area contributed by atoms with E-state index in [-0.39, 0.29) is 17.8 Å². The minimum absolute atomic E-state index is 0.0695. The van der Waals surface area contributed by atoms with Gasteiger partial charge in [0.05, 0.1) is 20.6 Å². The Morgan fingerprint density at radius 1 is 0.925 bits per heavy atom. The molecule has 0 radical (unpaired) electrons. The summed E-state index contributed by atoms with van der Waals surface area (Å²) in [6, 6.07) is 29.2. The Morgan fingerprint density at radius 2 is 1.68 bits per heavy atom. The smallest absolute Gasteiger partial charge is 0.307 e. The summed E-state index contributed by atoms with van der Waals surface area (Å²) in [6.45, 7) is 3.24. The Morgan fingerprint density at radius 3 is 2.38 bits per heavy atom. The number of carbonyl (C=O) groups is 1. The van der Waals surface area contributed by atoms with E-state index < -0.39 is 0 Å². The lowest BCUT2D eigenvalue weighted by atomic mass is 9.95. The summed E-state index contributed by atoms with van der Waals surface area (Å²) in [5, 5.41) is 0. The fourth-order valence-corrected chi connectivity index (χ4v) is 5.44. The molecule has 0 bridgehead atoms. The van der Waals surface area contributed by atoms with Crippen LogP contribution in [0.15, 0.2) is 91.0 Å². The van der Waals surface area contributed by atoms with Crippen LogP contribution < -0.4 is 14.4 Å². The van der Waals surface area contributed by atoms with E-state index >= 15 is 0 Å². The van der Waals surface area contributed by atoms with Crippen LogP contribution in [0, 0.1) is 12.7 Å². The molecule has 0 spiro atoms. The number of ether oxygens (including phenoxy) is 3. The second-order valence-electron chi connectivity index (χ2n) is 10.2. The maximum atomic E-state index is 14.4. The lowest BCUT2D eigenvalue weighted by Gasteiger charge is -2.26. The zero-order valence-electron chi connectivity index (χ0n) is 23.1. The lowest BCUT2D eigenvalue weighted by molar-refractivity contribution is -0.140. The minimum atomic E-state index is -0.286. The lowest BCUT2D eigenvalue weighted by Crippen LogP contribution is -2.31. The van der Waals surface area contributed by atoms with Crippen LogP contribution in [0.2, 0.25) is 0 Å². The van der Waals surface area contributed by atoms with Crippen molar-refractivity contribution < 1.29 is 23.4 Å². The molecule has 0 N–H and O–H groups in total. The van der Waals surface area contributed by atoms with E-state index in [9.17, 15) is 9.18 Å². The summed E-state index contributed by atoms with van der Waals surface area (Å²) in [4.78, 5) is 14.4. The molecule has 40 heavy (non-hydrogen) atoms. The van der Waals surface area contributed by atoms with Crippen LogP contribution in [0.5, 0.6) is 11.5 Å². The number of nitrogens with zero attached hydrogens (tertiary/aromatic N) is 1. The molecular weight excluding hydrogens is 505 g/mol. The molecule has 5 nitrogen and oxygen atoms in total. The predicted octanol–water partition coefficient (Wildman–Crippen LogP) is 7.31. The van der Waals surface area contributed by atoms with Crippen molar-refractivity contribution in [3.05, 3.63) is 114 Å². The predicted molar refractivity (Wildman–Crippen MR) is 155 cm³/mol. The summed E-state index contributed by atoms with van der Waals surface area (Å²) in [6.07, 6.45) is 1.25. The van der Waals surface area contributed by atoms with E-state index in [0.29, 0.717) is 30.3 Å². The fraction of sp³-hybridized carbons (Fsp3) is 0.265. The second kappa shape index (κ2) is 12.2. The van der Waals surface area contributed by atoms with E-state index in [0.717, 1.165) is 41.1 Å². The van der Waals surface area contributed by atoms with Crippen molar-refractivity contribution >= 4 is 11.7 Å². The van der Waals surface area contributed by atoms with Gasteiger partial charge in [-0.05, 0) is 78.1 Å². The highest BCUT2D eigenvalue weighted by molar-refractivity contribution is 5.71. The number of halogens is 1. The zero-order chi connectivity index (χ0) is 28.1. The van der Waals surface area contributed by atoms with E-state index in [2.05, 4.69) is 41.3 Å². The molecule has 6 heteroatoms. The van der Waals surface area contributed by atoms with Crippen LogP contribution in [0.25, 0.3) is 11.1 Å². The van der Waals surface area contributed by atoms with Crippen LogP contribution in [-0.2, 0) is 16.1 Å². The summed E-state index contributed by atoms with van der Waals surface area (Å²) < 4.78 is 30.8. The molecule has 206 valence electrons. The van der Waals surface area contributed by atoms with Gasteiger partial charge >= 0.3 is 5.97 Å². The molecule has 1 heterocycles. The first-order valence-electron chi connectivity index (χ1n) is 13.5. The molecule has 5 rings (SSSR count). The molecule has 2 atom stereocenters. The van der Waals surface area contributed by atoms with Gasteiger partial charge in [-0.3, -0.25) is 4.79 Å². The number of aryl methyl sites for hydroxylation is 1. The highest BCUT2D eigenvalue weighted by atomic mass is 19.1. The first-order chi connectivity index (χ1) is 19.4. The number of rotatable bonds is 9. The van der Waals surface area contributed by atoms with Crippen molar-refractivity contribution in [2.45, 2.75) is 38.3 Å². The summed E-state index contributed by atoms with van der Waals surface area (Å²) >= 11 is 0. The molecular formula is C34H34FNO4. The number of carbonyl (C=O) groups excluding carboxylic acids is 1. The number of anilines is 1. The molecule has 4 aromatic rings. The van der Waals surface area contributed by atoms with Crippen LogP contribution in [-0.4, -0.2) is 32.8 Å². The van der Waals surface area contributed by atoms with E-state index in [1.54, 1.807) is 19.2 Å². The zero-order valence-corrected chi connectivity index (χ0v) is 23.1. The van der Waals surface area contributed by atoms with E-state index in [4.69, 9.17) is 14.2 Å². The number of hydrogen-bond acceptors (Lipinski definition) is 5. The summed E-state index contributed by atoms with van der Waals surface area (Å²) in [5.74, 6) is 1.24. The van der Waals surface area contributed by atoms with Crippen LogP contribution >= 0.6 is 0 Å². The molecule has 0 amide bonds. The number of methoxy groups -OCH3 is 2. The van der Waals surface area contributed by atoms with Crippen molar-refractivity contribution in [3.63, 3.8) is 0 Å². The quantitative estimate of drug-likeness (QED) is 0.209. The van der Waals surface area contributed by atoms with Gasteiger partial charge in [0.25, 0.3) is 0 Å². The highest BCUT2D eigenvalue weighted by Gasteiger charge is 2.34. The SMILES string of the molecule is COC(=O)C[C@H]1C[C@@H](c2ccccc2)CN1c1ccc(OCc2ccc(-c3cc(OC)ccc3F)cc2C)cc1. The van der Waals surface area contributed by atoms with E-state index in [1.807, 2.05) is 43.3 Å². The Bertz CT molecular complexity index is 1460. The third kappa shape index (κ3) is 6.12. The minimum Gasteiger partial charge on any atom is -0.497 e. The van der Waals surface area contributed by atoms with Gasteiger partial charge in [-0.25, -0.2) is 4.39 Å². The van der Waals surface area contributed by atoms with Gasteiger partial charge in [-0.1, -0.05) is 48.5 Å². The van der Waals surface area contributed by atoms with Crippen LogP contribution in [0.4, 0.5) is 10.1 Å². The van der Waals surface area contributed by atoms with Gasteiger partial charge < -0.3 is 19.1 Å². The number of benzene rings is 4. The maximum Gasteiger partial charge on any atom is 0.307 e. The topological polar surface area (TPSA) is 48.0 Å². The van der Waals surface area contributed by atoms with Crippen molar-refractivity contribution in [1.29, 1.82) is 0 Å². The van der Waals surface area contributed by atoms with Gasteiger partial charge in [-0.15, -0.1) is 0 Å². The van der Waals surface area contributed by atoms with Gasteiger partial charge in [-0.2, -0.15) is 0 Å². The van der Waals surface area contributed by atoms with Crippen molar-refractivity contribution in [1.82, 2.24) is 0 Å². The van der Waals surface area contributed by atoms with Crippen molar-refractivity contribution in [3.8, 4) is 22.6 Å². The first kappa shape index (κ1) is 27.3. The number of esters is 1. The molecule has 0 saturated carbocycles. The monoisotopic (exact) mass is 539 g/mol. The van der Waals surface area contributed by atoms with Crippen LogP contribution in [0.3, 0.4) is 0 Å². The fourth-order valence-electron chi connectivity index (χ4n) is 5.44. The average molecular weight is 540 g/mol. The molecule has 0 aliphatic carbocycles. The third-order valence-corrected chi connectivity index (χ3v) is 7.71. The van der Waals surface area contributed by atoms with Gasteiger partial charge in [0, 0.05) is 29.8 Å². The third-order valence-electron chi connectivity index (χ3n) is 7.71. The molecule has 0 aromatic heterocycles. The Kier molecular flexibility index (Phi) is 8.34. The summed E-state index contributed by atoms with van der Waals surface area (Å²) in [5.41, 5.74) is 5.69. The normalized spacial score (nSPS) is 16.6. The molecule has 1 saturated heterocycles. The van der Waals surface area contributed by atoms with Gasteiger partial charge in [0.2, 0.25) is 0 Å². The molecule has 1 fully saturated rings. The average Bonchev–Trinajstić information content (AvgIpc) is 3.41.